The first kappa shape index (κ1) is 16.8. The summed E-state index contributed by atoms with van der Waals surface area (Å²) < 4.78 is 11.9. The monoisotopic (exact) mass is 296 g/mol. The molecule has 4 heteroatoms. The fourth-order valence-corrected chi connectivity index (χ4v) is 2.67. The molecule has 0 aromatic carbocycles. The van der Waals surface area contributed by atoms with E-state index in [1.165, 1.54) is 0 Å². The summed E-state index contributed by atoms with van der Waals surface area (Å²) in [6, 6.07) is 0.591. The molecule has 4 nitrogen and oxygen atoms in total. The molecule has 1 N–H and O–H groups in total. The van der Waals surface area contributed by atoms with Crippen molar-refractivity contribution in [2.75, 3.05) is 13.2 Å². The highest BCUT2D eigenvalue weighted by molar-refractivity contribution is 5.84. The maximum absolute atomic E-state index is 6.02. The molecule has 2 rings (SSSR count). The zero-order chi connectivity index (χ0) is 16.1. The lowest BCUT2D eigenvalue weighted by Crippen LogP contribution is -2.48. The molecule has 3 atom stereocenters. The number of nitrogens with one attached hydrogen (secondary N) is 1. The number of aliphatic imine (C=N–C) groups is 1. The van der Waals surface area contributed by atoms with Gasteiger partial charge in [0.05, 0.1) is 18.1 Å². The molecule has 0 aromatic heterocycles. The summed E-state index contributed by atoms with van der Waals surface area (Å²) in [7, 11) is 0. The van der Waals surface area contributed by atoms with Gasteiger partial charge in [-0.2, -0.15) is 0 Å². The predicted octanol–water partition coefficient (Wildman–Crippen LogP) is 3.22. The van der Waals surface area contributed by atoms with E-state index in [2.05, 4.69) is 60.7 Å². The lowest BCUT2D eigenvalue weighted by molar-refractivity contribution is 0.0305. The van der Waals surface area contributed by atoms with E-state index in [1.54, 1.807) is 0 Å². The van der Waals surface area contributed by atoms with E-state index in [0.717, 1.165) is 12.5 Å². The van der Waals surface area contributed by atoms with Gasteiger partial charge in [-0.3, -0.25) is 5.32 Å². The molecule has 1 fully saturated rings. The average molecular weight is 296 g/mol. The number of hydrogen-bond donors (Lipinski definition) is 1. The Morgan fingerprint density at radius 1 is 0.952 bits per heavy atom. The molecule has 2 aliphatic heterocycles. The van der Waals surface area contributed by atoms with E-state index >= 15 is 0 Å². The largest absolute Gasteiger partial charge is 0.478 e. The van der Waals surface area contributed by atoms with E-state index in [0.29, 0.717) is 12.6 Å². The van der Waals surface area contributed by atoms with Gasteiger partial charge >= 0.3 is 0 Å². The van der Waals surface area contributed by atoms with Crippen LogP contribution in [-0.4, -0.2) is 37.4 Å². The van der Waals surface area contributed by atoms with Crippen LogP contribution in [0.2, 0.25) is 0 Å². The smallest absolute Gasteiger partial charge is 0.193 e. The molecule has 0 amide bonds. The summed E-state index contributed by atoms with van der Waals surface area (Å²) in [5, 5.41) is 3.62. The van der Waals surface area contributed by atoms with Crippen LogP contribution < -0.4 is 5.32 Å². The van der Waals surface area contributed by atoms with Gasteiger partial charge in [0.25, 0.3) is 0 Å². The first-order valence-electron chi connectivity index (χ1n) is 8.01. The summed E-state index contributed by atoms with van der Waals surface area (Å²) in [5.41, 5.74) is 0.0762. The van der Waals surface area contributed by atoms with Crippen molar-refractivity contribution in [3.05, 3.63) is 0 Å². The van der Waals surface area contributed by atoms with Crippen LogP contribution in [0, 0.1) is 16.2 Å². The van der Waals surface area contributed by atoms with Crippen LogP contribution in [0.25, 0.3) is 0 Å². The lowest BCUT2D eigenvalue weighted by atomic mass is 9.86. The first-order chi connectivity index (χ1) is 9.42. The van der Waals surface area contributed by atoms with Crippen molar-refractivity contribution >= 4 is 5.90 Å². The van der Waals surface area contributed by atoms with Gasteiger partial charge < -0.3 is 9.47 Å². The quantitative estimate of drug-likeness (QED) is 0.851. The van der Waals surface area contributed by atoms with Gasteiger partial charge in [-0.05, 0) is 24.7 Å². The normalized spacial score (nSPS) is 31.2. The second-order valence-corrected chi connectivity index (χ2v) is 9.15. The molecule has 2 heterocycles. The van der Waals surface area contributed by atoms with Crippen molar-refractivity contribution in [1.82, 2.24) is 5.32 Å². The molecule has 0 aliphatic carbocycles. The molecule has 2 aliphatic rings. The minimum atomic E-state index is -0.250. The molecule has 0 spiro atoms. The fraction of sp³-hybridized carbons (Fsp3) is 0.941. The van der Waals surface area contributed by atoms with Gasteiger partial charge in [0.2, 0.25) is 0 Å². The van der Waals surface area contributed by atoms with Gasteiger partial charge in [0.1, 0.15) is 12.8 Å². The van der Waals surface area contributed by atoms with Gasteiger partial charge in [-0.15, -0.1) is 0 Å². The predicted molar refractivity (Wildman–Crippen MR) is 86.5 cm³/mol. The molecule has 1 saturated heterocycles. The molecule has 0 bridgehead atoms. The average Bonchev–Trinajstić information content (AvgIpc) is 2.97. The van der Waals surface area contributed by atoms with E-state index in [4.69, 9.17) is 14.5 Å². The SMILES string of the molecule is CC(C)(C1=N[C@H](C(C)(C)C)CO1)C1N[C@H](C(C)(C)C)CO1. The van der Waals surface area contributed by atoms with Gasteiger partial charge in [-0.25, -0.2) is 4.99 Å². The molecule has 0 radical (unpaired) electrons. The van der Waals surface area contributed by atoms with Crippen LogP contribution in [0.5, 0.6) is 0 Å². The first-order valence-corrected chi connectivity index (χ1v) is 8.01. The number of hydrogen-bond acceptors (Lipinski definition) is 4. The Morgan fingerprint density at radius 3 is 2.00 bits per heavy atom. The van der Waals surface area contributed by atoms with Crippen LogP contribution in [0.1, 0.15) is 55.4 Å². The highest BCUT2D eigenvalue weighted by Crippen LogP contribution is 2.36. The minimum Gasteiger partial charge on any atom is -0.478 e. The van der Waals surface area contributed by atoms with E-state index in [1.807, 2.05) is 0 Å². The number of rotatable bonds is 2. The standard InChI is InChI=1S/C17H32N2O2/c1-15(2,3)11-9-20-13(18-11)17(7,8)14-19-12(10-21-14)16(4,5)6/h11-13,18H,9-10H2,1-8H3/t11-,12-,13?/m0/s1. The third-order valence-corrected chi connectivity index (χ3v) is 4.68. The van der Waals surface area contributed by atoms with Crippen molar-refractivity contribution < 1.29 is 9.47 Å². The van der Waals surface area contributed by atoms with E-state index < -0.39 is 0 Å². The van der Waals surface area contributed by atoms with E-state index in [-0.39, 0.29) is 28.5 Å². The topological polar surface area (TPSA) is 42.8 Å². The van der Waals surface area contributed by atoms with Crippen LogP contribution in [-0.2, 0) is 9.47 Å². The van der Waals surface area contributed by atoms with Crippen molar-refractivity contribution in [1.29, 1.82) is 0 Å². The van der Waals surface area contributed by atoms with Crippen LogP contribution >= 0.6 is 0 Å². The minimum absolute atomic E-state index is 0.0424. The highest BCUT2D eigenvalue weighted by Gasteiger charge is 2.46. The van der Waals surface area contributed by atoms with Crippen molar-refractivity contribution in [3.63, 3.8) is 0 Å². The zero-order valence-electron chi connectivity index (χ0n) is 14.9. The maximum atomic E-state index is 6.02. The maximum Gasteiger partial charge on any atom is 0.193 e. The Morgan fingerprint density at radius 2 is 1.57 bits per heavy atom. The molecule has 0 aromatic rings. The fourth-order valence-electron chi connectivity index (χ4n) is 2.67. The molecule has 21 heavy (non-hydrogen) atoms. The second kappa shape index (κ2) is 5.24. The van der Waals surface area contributed by atoms with Crippen LogP contribution in [0.4, 0.5) is 0 Å². The van der Waals surface area contributed by atoms with Crippen molar-refractivity contribution in [2.24, 2.45) is 21.2 Å². The third-order valence-electron chi connectivity index (χ3n) is 4.68. The number of ether oxygens (including phenoxy) is 2. The van der Waals surface area contributed by atoms with E-state index in [9.17, 15) is 0 Å². The molecule has 0 saturated carbocycles. The Labute approximate surface area is 129 Å². The summed E-state index contributed by atoms with van der Waals surface area (Å²) in [4.78, 5) is 4.84. The van der Waals surface area contributed by atoms with Gasteiger partial charge in [0.15, 0.2) is 5.90 Å². The van der Waals surface area contributed by atoms with Crippen molar-refractivity contribution in [3.8, 4) is 0 Å². The van der Waals surface area contributed by atoms with Gasteiger partial charge in [-0.1, -0.05) is 41.5 Å². The van der Waals surface area contributed by atoms with Crippen LogP contribution in [0.15, 0.2) is 4.99 Å². The molecule has 122 valence electrons. The Hall–Kier alpha value is -0.610. The summed E-state index contributed by atoms with van der Waals surface area (Å²) in [6.45, 7) is 19.1. The lowest BCUT2D eigenvalue weighted by Gasteiger charge is -2.32. The Balaban J connectivity index is 2.10. The summed E-state index contributed by atoms with van der Waals surface area (Å²) in [5.74, 6) is 0.828. The Kier molecular flexibility index (Phi) is 4.18. The number of nitrogens with zero attached hydrogens (tertiary/aromatic N) is 1. The van der Waals surface area contributed by atoms with Crippen LogP contribution in [0.3, 0.4) is 0 Å². The van der Waals surface area contributed by atoms with Crippen molar-refractivity contribution in [2.45, 2.75) is 73.7 Å². The third kappa shape index (κ3) is 3.42. The summed E-state index contributed by atoms with van der Waals surface area (Å²) >= 11 is 0. The molecular formula is C17H32N2O2. The zero-order valence-corrected chi connectivity index (χ0v) is 14.9. The second-order valence-electron chi connectivity index (χ2n) is 9.15. The molecular weight excluding hydrogens is 264 g/mol. The molecule has 1 unspecified atom stereocenters. The van der Waals surface area contributed by atoms with Gasteiger partial charge in [0, 0.05) is 6.04 Å². The Bertz CT molecular complexity index is 415. The highest BCUT2D eigenvalue weighted by atomic mass is 16.5. The summed E-state index contributed by atoms with van der Waals surface area (Å²) in [6.07, 6.45) is -0.0424.